The highest BCUT2D eigenvalue weighted by Gasteiger charge is 2.22. The van der Waals surface area contributed by atoms with Crippen molar-refractivity contribution < 1.29 is 8.42 Å². The van der Waals surface area contributed by atoms with Crippen molar-refractivity contribution in [3.63, 3.8) is 0 Å². The molecular weight excluding hydrogens is 236 g/mol. The van der Waals surface area contributed by atoms with Crippen LogP contribution in [0.25, 0.3) is 0 Å². The molecule has 0 atom stereocenters. The third-order valence-electron chi connectivity index (χ3n) is 2.73. The number of anilines is 2. The molecule has 0 fully saturated rings. The topological polar surface area (TPSA) is 49.4 Å². The maximum atomic E-state index is 11.7. The van der Waals surface area contributed by atoms with E-state index in [4.69, 9.17) is 0 Å². The van der Waals surface area contributed by atoms with Crippen LogP contribution in [0.3, 0.4) is 0 Å². The van der Waals surface area contributed by atoms with Gasteiger partial charge in [-0.05, 0) is 18.1 Å². The van der Waals surface area contributed by atoms with Crippen LogP contribution in [0.5, 0.6) is 0 Å². The summed E-state index contributed by atoms with van der Waals surface area (Å²) in [6, 6.07) is 7.56. The summed E-state index contributed by atoms with van der Waals surface area (Å²) in [5.74, 6) is 0.651. The van der Waals surface area contributed by atoms with Crippen molar-refractivity contribution in [3.05, 3.63) is 24.3 Å². The monoisotopic (exact) mass is 254 g/mol. The van der Waals surface area contributed by atoms with E-state index in [2.05, 4.69) is 23.5 Å². The van der Waals surface area contributed by atoms with Crippen LogP contribution in [0.4, 0.5) is 11.4 Å². The minimum Gasteiger partial charge on any atom is -0.368 e. The van der Waals surface area contributed by atoms with Gasteiger partial charge in [-0.25, -0.2) is 8.42 Å². The number of fused-ring (bicyclic) bond motifs is 1. The maximum Gasteiger partial charge on any atom is 0.234 e. The van der Waals surface area contributed by atoms with Crippen molar-refractivity contribution >= 4 is 21.4 Å². The first-order valence-corrected chi connectivity index (χ1v) is 7.47. The second-order valence-corrected chi connectivity index (χ2v) is 6.62. The van der Waals surface area contributed by atoms with Crippen LogP contribution in [0.2, 0.25) is 0 Å². The van der Waals surface area contributed by atoms with Crippen molar-refractivity contribution in [2.24, 2.45) is 5.92 Å². The number of nitrogens with one attached hydrogen (secondary N) is 1. The molecule has 0 aliphatic carbocycles. The highest BCUT2D eigenvalue weighted by atomic mass is 32.2. The summed E-state index contributed by atoms with van der Waals surface area (Å²) in [6.45, 7) is 5.68. The van der Waals surface area contributed by atoms with Crippen molar-refractivity contribution in [1.29, 1.82) is 0 Å². The van der Waals surface area contributed by atoms with Gasteiger partial charge in [0.05, 0.1) is 17.1 Å². The summed E-state index contributed by atoms with van der Waals surface area (Å²) in [7, 11) is -3.19. The average molecular weight is 254 g/mol. The second kappa shape index (κ2) is 4.56. The van der Waals surface area contributed by atoms with Gasteiger partial charge in [0, 0.05) is 13.1 Å². The fourth-order valence-corrected chi connectivity index (χ4v) is 3.11. The number of sulfonamides is 1. The van der Waals surface area contributed by atoms with Crippen molar-refractivity contribution in [3.8, 4) is 0 Å². The lowest BCUT2D eigenvalue weighted by Gasteiger charge is -2.25. The van der Waals surface area contributed by atoms with E-state index in [-0.39, 0.29) is 5.75 Å². The Bertz CT molecular complexity index is 497. The summed E-state index contributed by atoms with van der Waals surface area (Å²) >= 11 is 0. The molecule has 94 valence electrons. The number of hydrogen-bond donors (Lipinski definition) is 1. The van der Waals surface area contributed by atoms with E-state index < -0.39 is 10.0 Å². The molecule has 1 N–H and O–H groups in total. The molecule has 1 aliphatic rings. The van der Waals surface area contributed by atoms with E-state index >= 15 is 0 Å². The zero-order chi connectivity index (χ0) is 12.5. The van der Waals surface area contributed by atoms with Gasteiger partial charge >= 0.3 is 0 Å². The Morgan fingerprint density at radius 2 is 2.06 bits per heavy atom. The van der Waals surface area contributed by atoms with E-state index in [1.807, 2.05) is 24.3 Å². The number of nitrogens with zero attached hydrogens (tertiary/aromatic N) is 1. The van der Waals surface area contributed by atoms with E-state index in [9.17, 15) is 8.42 Å². The van der Waals surface area contributed by atoms with Gasteiger partial charge in [-0.3, -0.25) is 4.72 Å². The molecule has 0 spiro atoms. The zero-order valence-electron chi connectivity index (χ0n) is 10.2. The fraction of sp³-hybridized carbons (Fsp3) is 0.500. The van der Waals surface area contributed by atoms with Crippen LogP contribution in [0.15, 0.2) is 24.3 Å². The van der Waals surface area contributed by atoms with Gasteiger partial charge in [0.1, 0.15) is 0 Å². The number of hydrogen-bond acceptors (Lipinski definition) is 3. The molecule has 0 amide bonds. The molecule has 5 heteroatoms. The first-order valence-electron chi connectivity index (χ1n) is 5.82. The van der Waals surface area contributed by atoms with E-state index in [0.29, 0.717) is 18.2 Å². The Hall–Kier alpha value is -1.23. The third-order valence-corrected chi connectivity index (χ3v) is 3.98. The first kappa shape index (κ1) is 12.2. The molecule has 0 aromatic heterocycles. The lowest BCUT2D eigenvalue weighted by molar-refractivity contribution is 0.594. The summed E-state index contributed by atoms with van der Waals surface area (Å²) in [5, 5.41) is 0. The third kappa shape index (κ3) is 2.91. The smallest absolute Gasteiger partial charge is 0.234 e. The van der Waals surface area contributed by atoms with Crippen LogP contribution in [0, 0.1) is 5.92 Å². The summed E-state index contributed by atoms with van der Waals surface area (Å²) < 4.78 is 26.1. The predicted octanol–water partition coefficient (Wildman–Crippen LogP) is 1.90. The standard InChI is InChI=1S/C12H18N2O2S/c1-10(2)9-14-7-8-17(15,16)13-11-5-3-4-6-12(11)14/h3-6,10,13H,7-9H2,1-2H3. The SMILES string of the molecule is CC(C)CN1CCS(=O)(=O)Nc2ccccc21. The Kier molecular flexibility index (Phi) is 3.28. The molecule has 0 radical (unpaired) electrons. The Balaban J connectivity index is 2.39. The van der Waals surface area contributed by atoms with Gasteiger partial charge in [0.25, 0.3) is 0 Å². The predicted molar refractivity (Wildman–Crippen MR) is 70.9 cm³/mol. The van der Waals surface area contributed by atoms with Crippen LogP contribution >= 0.6 is 0 Å². The summed E-state index contributed by atoms with van der Waals surface area (Å²) in [5.41, 5.74) is 1.66. The molecule has 1 heterocycles. The van der Waals surface area contributed by atoms with Gasteiger partial charge in [-0.2, -0.15) is 0 Å². The van der Waals surface area contributed by atoms with E-state index in [0.717, 1.165) is 12.2 Å². The van der Waals surface area contributed by atoms with Gasteiger partial charge in [0.15, 0.2) is 0 Å². The van der Waals surface area contributed by atoms with Crippen molar-refractivity contribution in [2.45, 2.75) is 13.8 Å². The lowest BCUT2D eigenvalue weighted by atomic mass is 10.1. The molecule has 0 saturated carbocycles. The van der Waals surface area contributed by atoms with E-state index in [1.54, 1.807) is 0 Å². The fourth-order valence-electron chi connectivity index (χ4n) is 2.04. The van der Waals surface area contributed by atoms with Gasteiger partial charge < -0.3 is 4.90 Å². The maximum absolute atomic E-state index is 11.7. The number of rotatable bonds is 2. The minimum atomic E-state index is -3.19. The van der Waals surface area contributed by atoms with Gasteiger partial charge in [-0.15, -0.1) is 0 Å². The highest BCUT2D eigenvalue weighted by molar-refractivity contribution is 7.92. The van der Waals surface area contributed by atoms with Crippen molar-refractivity contribution in [2.75, 3.05) is 28.5 Å². The van der Waals surface area contributed by atoms with Crippen molar-refractivity contribution in [1.82, 2.24) is 0 Å². The van der Waals surface area contributed by atoms with E-state index in [1.165, 1.54) is 0 Å². The molecule has 1 aromatic carbocycles. The molecule has 1 aliphatic heterocycles. The largest absolute Gasteiger partial charge is 0.368 e. The molecule has 4 nitrogen and oxygen atoms in total. The molecule has 0 saturated heterocycles. The van der Waals surface area contributed by atoms with Crippen LogP contribution in [-0.2, 0) is 10.0 Å². The molecule has 0 bridgehead atoms. The second-order valence-electron chi connectivity index (χ2n) is 4.78. The summed E-state index contributed by atoms with van der Waals surface area (Å²) in [6.07, 6.45) is 0. The molecular formula is C12H18N2O2S. The minimum absolute atomic E-state index is 0.147. The quantitative estimate of drug-likeness (QED) is 0.877. The molecule has 17 heavy (non-hydrogen) atoms. The average Bonchev–Trinajstić information content (AvgIpc) is 2.35. The highest BCUT2D eigenvalue weighted by Crippen LogP contribution is 2.29. The Morgan fingerprint density at radius 1 is 1.35 bits per heavy atom. The Morgan fingerprint density at radius 3 is 2.76 bits per heavy atom. The lowest BCUT2D eigenvalue weighted by Crippen LogP contribution is -2.31. The first-order chi connectivity index (χ1) is 7.98. The zero-order valence-corrected chi connectivity index (χ0v) is 11.0. The Labute approximate surface area is 103 Å². The number of para-hydroxylation sites is 2. The molecule has 0 unspecified atom stereocenters. The van der Waals surface area contributed by atoms with Gasteiger partial charge in [-0.1, -0.05) is 26.0 Å². The molecule has 2 rings (SSSR count). The van der Waals surface area contributed by atoms with Crippen LogP contribution in [-0.4, -0.2) is 27.3 Å². The van der Waals surface area contributed by atoms with Gasteiger partial charge in [0.2, 0.25) is 10.0 Å². The van der Waals surface area contributed by atoms with Crippen LogP contribution < -0.4 is 9.62 Å². The van der Waals surface area contributed by atoms with Crippen LogP contribution in [0.1, 0.15) is 13.8 Å². The molecule has 1 aromatic rings. The number of benzene rings is 1. The normalized spacial score (nSPS) is 18.4. The summed E-state index contributed by atoms with van der Waals surface area (Å²) in [4.78, 5) is 2.14.